The first-order valence-corrected chi connectivity index (χ1v) is 6.41. The van der Waals surface area contributed by atoms with Gasteiger partial charge in [-0.05, 0) is 43.1 Å². The Morgan fingerprint density at radius 1 is 1.19 bits per heavy atom. The molecule has 0 aliphatic carbocycles. The van der Waals surface area contributed by atoms with Crippen LogP contribution < -0.4 is 4.74 Å². The van der Waals surface area contributed by atoms with Gasteiger partial charge in [-0.15, -0.1) is 0 Å². The van der Waals surface area contributed by atoms with Gasteiger partial charge in [-0.25, -0.2) is 0 Å². The molecular formula is C13H11ClF3N3O. The first-order valence-electron chi connectivity index (χ1n) is 6.04. The molecule has 0 aliphatic heterocycles. The van der Waals surface area contributed by atoms with Crippen LogP contribution in [0, 0.1) is 6.92 Å². The van der Waals surface area contributed by atoms with Crippen LogP contribution in [0.2, 0.25) is 5.28 Å². The standard InChI is InChI=1S/C13H11ClF3N3O/c1-3-21-12-19-10(18-11(14)20-12)9-5-4-8(6-7(9)2)13(15,16)17/h4-6H,3H2,1-2H3. The molecule has 0 unspecified atom stereocenters. The highest BCUT2D eigenvalue weighted by Gasteiger charge is 2.30. The number of rotatable bonds is 3. The van der Waals surface area contributed by atoms with Crippen molar-refractivity contribution in [2.24, 2.45) is 0 Å². The molecule has 0 spiro atoms. The molecule has 8 heteroatoms. The summed E-state index contributed by atoms with van der Waals surface area (Å²) in [7, 11) is 0. The monoisotopic (exact) mass is 317 g/mol. The predicted molar refractivity (Wildman–Crippen MR) is 71.2 cm³/mol. The van der Waals surface area contributed by atoms with Crippen LogP contribution in [-0.4, -0.2) is 21.6 Å². The zero-order chi connectivity index (χ0) is 15.6. The number of halogens is 4. The maximum Gasteiger partial charge on any atom is 0.416 e. The van der Waals surface area contributed by atoms with Crippen LogP contribution in [0.1, 0.15) is 18.1 Å². The van der Waals surface area contributed by atoms with Crippen molar-refractivity contribution in [3.05, 3.63) is 34.6 Å². The Hall–Kier alpha value is -1.89. The Bertz CT molecular complexity index is 662. The van der Waals surface area contributed by atoms with E-state index in [0.29, 0.717) is 17.7 Å². The van der Waals surface area contributed by atoms with Crippen molar-refractivity contribution < 1.29 is 17.9 Å². The van der Waals surface area contributed by atoms with Gasteiger partial charge in [-0.3, -0.25) is 0 Å². The molecule has 0 saturated carbocycles. The first-order chi connectivity index (χ1) is 9.81. The molecule has 4 nitrogen and oxygen atoms in total. The fourth-order valence-corrected chi connectivity index (χ4v) is 1.89. The molecule has 0 N–H and O–H groups in total. The average molecular weight is 318 g/mol. The van der Waals surface area contributed by atoms with Gasteiger partial charge >= 0.3 is 12.2 Å². The summed E-state index contributed by atoms with van der Waals surface area (Å²) < 4.78 is 43.1. The summed E-state index contributed by atoms with van der Waals surface area (Å²) in [5, 5.41) is -0.0808. The largest absolute Gasteiger partial charge is 0.464 e. The van der Waals surface area contributed by atoms with Gasteiger partial charge in [0, 0.05) is 5.56 Å². The molecule has 0 atom stereocenters. The molecule has 1 aromatic carbocycles. The molecular weight excluding hydrogens is 307 g/mol. The zero-order valence-electron chi connectivity index (χ0n) is 11.2. The summed E-state index contributed by atoms with van der Waals surface area (Å²) in [6.07, 6.45) is -4.39. The minimum absolute atomic E-state index is 0.0341. The van der Waals surface area contributed by atoms with Gasteiger partial charge in [0.25, 0.3) is 0 Å². The SMILES string of the molecule is CCOc1nc(Cl)nc(-c2ccc(C(F)(F)F)cc2C)n1. The number of hydrogen-bond donors (Lipinski definition) is 0. The summed E-state index contributed by atoms with van der Waals surface area (Å²) in [5.74, 6) is 0.171. The quantitative estimate of drug-likeness (QED) is 0.861. The molecule has 0 bridgehead atoms. The highest BCUT2D eigenvalue weighted by atomic mass is 35.5. The minimum Gasteiger partial charge on any atom is -0.464 e. The van der Waals surface area contributed by atoms with Gasteiger partial charge in [-0.2, -0.15) is 28.1 Å². The van der Waals surface area contributed by atoms with E-state index in [0.717, 1.165) is 12.1 Å². The molecule has 0 amide bonds. The molecule has 112 valence electrons. The van der Waals surface area contributed by atoms with Gasteiger partial charge in [-0.1, -0.05) is 6.07 Å². The summed E-state index contributed by atoms with van der Waals surface area (Å²) in [6.45, 7) is 3.63. The molecule has 0 radical (unpaired) electrons. The van der Waals surface area contributed by atoms with E-state index < -0.39 is 11.7 Å². The normalized spacial score (nSPS) is 11.5. The lowest BCUT2D eigenvalue weighted by atomic mass is 10.0. The summed E-state index contributed by atoms with van der Waals surface area (Å²) in [6, 6.07) is 3.35. The van der Waals surface area contributed by atoms with E-state index in [1.807, 2.05) is 0 Å². The van der Waals surface area contributed by atoms with Crippen LogP contribution in [0.25, 0.3) is 11.4 Å². The van der Waals surface area contributed by atoms with E-state index in [2.05, 4.69) is 15.0 Å². The number of aromatic nitrogens is 3. The van der Waals surface area contributed by atoms with Gasteiger partial charge in [0.05, 0.1) is 12.2 Å². The predicted octanol–water partition coefficient (Wildman–Crippen LogP) is 3.92. The highest BCUT2D eigenvalue weighted by molar-refractivity contribution is 6.28. The van der Waals surface area contributed by atoms with Gasteiger partial charge in [0.2, 0.25) is 5.28 Å². The highest BCUT2D eigenvalue weighted by Crippen LogP contribution is 2.32. The maximum absolute atomic E-state index is 12.6. The molecule has 2 aromatic rings. The molecule has 0 aliphatic rings. The van der Waals surface area contributed by atoms with Crippen molar-refractivity contribution in [1.82, 2.24) is 15.0 Å². The van der Waals surface area contributed by atoms with Crippen molar-refractivity contribution in [3.63, 3.8) is 0 Å². The number of hydrogen-bond acceptors (Lipinski definition) is 4. The topological polar surface area (TPSA) is 47.9 Å². The smallest absolute Gasteiger partial charge is 0.416 e. The lowest BCUT2D eigenvalue weighted by Gasteiger charge is -2.11. The Balaban J connectivity index is 2.47. The van der Waals surface area contributed by atoms with E-state index in [1.54, 1.807) is 13.8 Å². The second-order valence-corrected chi connectivity index (χ2v) is 4.51. The van der Waals surface area contributed by atoms with Crippen molar-refractivity contribution in [2.45, 2.75) is 20.0 Å². The Kier molecular flexibility index (Phi) is 4.32. The number of alkyl halides is 3. The first kappa shape index (κ1) is 15.5. The van der Waals surface area contributed by atoms with Crippen molar-refractivity contribution in [1.29, 1.82) is 0 Å². The third-order valence-electron chi connectivity index (χ3n) is 2.66. The maximum atomic E-state index is 12.6. The van der Waals surface area contributed by atoms with Crippen LogP contribution in [0.15, 0.2) is 18.2 Å². The number of nitrogens with zero attached hydrogens (tertiary/aromatic N) is 3. The van der Waals surface area contributed by atoms with Crippen molar-refractivity contribution in [3.8, 4) is 17.4 Å². The van der Waals surface area contributed by atoms with Crippen LogP contribution in [0.5, 0.6) is 6.01 Å². The lowest BCUT2D eigenvalue weighted by Crippen LogP contribution is -2.06. The lowest BCUT2D eigenvalue weighted by molar-refractivity contribution is -0.137. The minimum atomic E-state index is -4.39. The molecule has 2 rings (SSSR count). The third-order valence-corrected chi connectivity index (χ3v) is 2.82. The molecule has 0 saturated heterocycles. The van der Waals surface area contributed by atoms with Gasteiger partial charge in [0.15, 0.2) is 5.82 Å². The Labute approximate surface area is 124 Å². The zero-order valence-corrected chi connectivity index (χ0v) is 12.0. The van der Waals surface area contributed by atoms with Gasteiger partial charge in [0.1, 0.15) is 0 Å². The third kappa shape index (κ3) is 3.60. The second-order valence-electron chi connectivity index (χ2n) is 4.17. The van der Waals surface area contributed by atoms with Crippen molar-refractivity contribution in [2.75, 3.05) is 6.61 Å². The number of benzene rings is 1. The van der Waals surface area contributed by atoms with Crippen LogP contribution >= 0.6 is 11.6 Å². The molecule has 1 heterocycles. The average Bonchev–Trinajstić information content (AvgIpc) is 2.37. The van der Waals surface area contributed by atoms with E-state index in [4.69, 9.17) is 16.3 Å². The second kappa shape index (κ2) is 5.85. The Morgan fingerprint density at radius 3 is 2.48 bits per heavy atom. The molecule has 21 heavy (non-hydrogen) atoms. The Morgan fingerprint density at radius 2 is 1.90 bits per heavy atom. The fraction of sp³-hybridized carbons (Fsp3) is 0.308. The number of aryl methyl sites for hydroxylation is 1. The van der Waals surface area contributed by atoms with Gasteiger partial charge < -0.3 is 4.74 Å². The van der Waals surface area contributed by atoms with E-state index >= 15 is 0 Å². The fourth-order valence-electron chi connectivity index (χ4n) is 1.74. The summed E-state index contributed by atoms with van der Waals surface area (Å²) in [4.78, 5) is 11.7. The van der Waals surface area contributed by atoms with Crippen LogP contribution in [0.4, 0.5) is 13.2 Å². The molecule has 0 fully saturated rings. The number of ether oxygens (including phenoxy) is 1. The summed E-state index contributed by atoms with van der Waals surface area (Å²) in [5.41, 5.74) is 0.0942. The van der Waals surface area contributed by atoms with Crippen molar-refractivity contribution >= 4 is 11.6 Å². The van der Waals surface area contributed by atoms with E-state index in [1.165, 1.54) is 6.07 Å². The van der Waals surface area contributed by atoms with Crippen LogP contribution in [0.3, 0.4) is 0 Å². The van der Waals surface area contributed by atoms with E-state index in [-0.39, 0.29) is 17.1 Å². The summed E-state index contributed by atoms with van der Waals surface area (Å²) >= 11 is 5.77. The van der Waals surface area contributed by atoms with E-state index in [9.17, 15) is 13.2 Å². The molecule has 1 aromatic heterocycles. The van der Waals surface area contributed by atoms with Crippen LogP contribution in [-0.2, 0) is 6.18 Å².